The molecule has 1 aliphatic rings. The summed E-state index contributed by atoms with van der Waals surface area (Å²) in [6.07, 6.45) is 3.08. The number of carbonyl (C=O) groups excluding carboxylic acids is 1. The largest absolute Gasteiger partial charge is 0.493 e. The molecule has 1 aromatic carbocycles. The number of nitrogens with zero attached hydrogens (tertiary/aromatic N) is 1. The second-order valence-corrected chi connectivity index (χ2v) is 8.91. The smallest absolute Gasteiger partial charge is 0.223 e. The molecular formula is C19H31ClN2O5S. The average Bonchev–Trinajstić information content (AvgIpc) is 2.70. The Bertz CT molecular complexity index is 734. The number of piperidine rings is 1. The van der Waals surface area contributed by atoms with Crippen LogP contribution in [0.1, 0.15) is 25.7 Å². The molecule has 7 nitrogen and oxygen atoms in total. The van der Waals surface area contributed by atoms with Gasteiger partial charge >= 0.3 is 0 Å². The van der Waals surface area contributed by atoms with Crippen LogP contribution in [0, 0.1) is 5.92 Å². The van der Waals surface area contributed by atoms with E-state index in [4.69, 9.17) is 9.47 Å². The van der Waals surface area contributed by atoms with Crippen LogP contribution in [0.15, 0.2) is 23.1 Å². The number of nitrogens with one attached hydrogen (secondary N) is 1. The number of benzene rings is 1. The predicted molar refractivity (Wildman–Crippen MR) is 111 cm³/mol. The highest BCUT2D eigenvalue weighted by molar-refractivity contribution is 7.91. The molecule has 0 unspecified atom stereocenters. The number of carbonyl (C=O) groups is 1. The number of hydrogen-bond donors (Lipinski definition) is 1. The monoisotopic (exact) mass is 434 g/mol. The van der Waals surface area contributed by atoms with Gasteiger partial charge in [-0.05, 0) is 50.9 Å². The number of amides is 1. The second-order valence-electron chi connectivity index (χ2n) is 6.80. The lowest BCUT2D eigenvalue weighted by Gasteiger charge is -2.32. The minimum atomic E-state index is -3.57. The van der Waals surface area contributed by atoms with Gasteiger partial charge in [0.05, 0.1) is 24.9 Å². The van der Waals surface area contributed by atoms with Crippen molar-refractivity contribution in [2.75, 3.05) is 46.7 Å². The molecule has 0 atom stereocenters. The van der Waals surface area contributed by atoms with Gasteiger partial charge < -0.3 is 19.7 Å². The lowest BCUT2D eigenvalue weighted by atomic mass is 9.93. The van der Waals surface area contributed by atoms with Gasteiger partial charge in [0.2, 0.25) is 5.91 Å². The highest BCUT2D eigenvalue weighted by Gasteiger charge is 2.25. The van der Waals surface area contributed by atoms with Crippen LogP contribution in [0.3, 0.4) is 0 Å². The molecule has 0 radical (unpaired) electrons. The topological polar surface area (TPSA) is 84.9 Å². The van der Waals surface area contributed by atoms with E-state index >= 15 is 0 Å². The van der Waals surface area contributed by atoms with E-state index in [9.17, 15) is 13.2 Å². The van der Waals surface area contributed by atoms with Crippen LogP contribution in [0.5, 0.6) is 11.5 Å². The van der Waals surface area contributed by atoms with Crippen molar-refractivity contribution in [3.05, 3.63) is 18.2 Å². The van der Waals surface area contributed by atoms with Crippen LogP contribution in [0.2, 0.25) is 0 Å². The van der Waals surface area contributed by atoms with Crippen LogP contribution in [-0.4, -0.2) is 65.9 Å². The highest BCUT2D eigenvalue weighted by Crippen LogP contribution is 2.30. The first-order valence-electron chi connectivity index (χ1n) is 9.28. The summed E-state index contributed by atoms with van der Waals surface area (Å²) in [6, 6.07) is 4.48. The van der Waals surface area contributed by atoms with Crippen LogP contribution in [0.4, 0.5) is 0 Å². The van der Waals surface area contributed by atoms with Crippen molar-refractivity contribution < 1.29 is 22.7 Å². The third-order valence-corrected chi connectivity index (χ3v) is 6.78. The van der Waals surface area contributed by atoms with Gasteiger partial charge in [0, 0.05) is 25.6 Å². The normalized spacial score (nSPS) is 15.0. The van der Waals surface area contributed by atoms with Gasteiger partial charge in [-0.3, -0.25) is 4.79 Å². The number of rotatable bonds is 9. The van der Waals surface area contributed by atoms with Gasteiger partial charge in [0.25, 0.3) is 0 Å². The summed E-state index contributed by atoms with van der Waals surface area (Å²) in [5.74, 6) is 1.16. The van der Waals surface area contributed by atoms with Crippen LogP contribution < -0.4 is 14.8 Å². The molecule has 0 aromatic heterocycles. The molecule has 1 amide bonds. The molecule has 1 heterocycles. The zero-order chi connectivity index (χ0) is 19.9. The van der Waals surface area contributed by atoms with E-state index < -0.39 is 9.84 Å². The maximum Gasteiger partial charge on any atom is 0.223 e. The summed E-state index contributed by atoms with van der Waals surface area (Å²) in [4.78, 5) is 14.4. The van der Waals surface area contributed by atoms with E-state index in [1.807, 2.05) is 7.05 Å². The number of methoxy groups -OCH3 is 2. The summed E-state index contributed by atoms with van der Waals surface area (Å²) >= 11 is 0. The highest BCUT2D eigenvalue weighted by atomic mass is 35.5. The Morgan fingerprint density at radius 3 is 2.39 bits per heavy atom. The molecule has 2 rings (SSSR count). The third-order valence-electron chi connectivity index (χ3n) is 5.07. The lowest BCUT2D eigenvalue weighted by Crippen LogP contribution is -2.39. The summed E-state index contributed by atoms with van der Waals surface area (Å²) in [5.41, 5.74) is 0. The van der Waals surface area contributed by atoms with Crippen molar-refractivity contribution in [1.82, 2.24) is 10.2 Å². The predicted octanol–water partition coefficient (Wildman–Crippen LogP) is 2.14. The van der Waals surface area contributed by atoms with Crippen molar-refractivity contribution in [1.29, 1.82) is 0 Å². The summed E-state index contributed by atoms with van der Waals surface area (Å²) in [6.45, 7) is 2.41. The van der Waals surface area contributed by atoms with Gasteiger partial charge in [0.1, 0.15) is 0 Å². The Labute approximate surface area is 174 Å². The number of ether oxygens (including phenoxy) is 2. The van der Waals surface area contributed by atoms with Crippen molar-refractivity contribution in [3.63, 3.8) is 0 Å². The number of likely N-dealkylation sites (tertiary alicyclic amines) is 1. The second kappa shape index (κ2) is 11.5. The quantitative estimate of drug-likeness (QED) is 0.641. The molecule has 0 saturated carbocycles. The minimum absolute atomic E-state index is 0. The van der Waals surface area contributed by atoms with E-state index in [0.29, 0.717) is 30.5 Å². The maximum atomic E-state index is 12.6. The van der Waals surface area contributed by atoms with Crippen LogP contribution in [0.25, 0.3) is 0 Å². The fourth-order valence-electron chi connectivity index (χ4n) is 3.33. The molecular weight excluding hydrogens is 404 g/mol. The van der Waals surface area contributed by atoms with Crippen molar-refractivity contribution in [3.8, 4) is 11.5 Å². The van der Waals surface area contributed by atoms with E-state index in [0.717, 1.165) is 25.8 Å². The first-order valence-corrected chi connectivity index (χ1v) is 10.9. The molecule has 1 saturated heterocycles. The van der Waals surface area contributed by atoms with E-state index in [-0.39, 0.29) is 35.4 Å². The Morgan fingerprint density at radius 1 is 1.18 bits per heavy atom. The zero-order valence-electron chi connectivity index (χ0n) is 16.8. The zero-order valence-corrected chi connectivity index (χ0v) is 18.4. The van der Waals surface area contributed by atoms with Crippen molar-refractivity contribution in [2.45, 2.75) is 30.6 Å². The van der Waals surface area contributed by atoms with E-state index in [1.54, 1.807) is 11.0 Å². The Kier molecular flexibility index (Phi) is 10.1. The van der Waals surface area contributed by atoms with Crippen molar-refractivity contribution in [2.24, 2.45) is 5.92 Å². The van der Waals surface area contributed by atoms with Crippen LogP contribution in [-0.2, 0) is 14.6 Å². The molecule has 1 N–H and O–H groups in total. The minimum Gasteiger partial charge on any atom is -0.493 e. The fraction of sp³-hybridized carbons (Fsp3) is 0.632. The Morgan fingerprint density at radius 2 is 1.82 bits per heavy atom. The first-order chi connectivity index (χ1) is 12.9. The standard InChI is InChI=1S/C19H30N2O5S.ClH/c1-20-10-6-15-7-11-21(12-8-15)19(22)9-13-27(23,24)16-4-5-17(25-2)18(14-16)26-3;/h4-5,14-15,20H,6-13H2,1-3H3;1H. The molecule has 9 heteroatoms. The summed E-state index contributed by atoms with van der Waals surface area (Å²) < 4.78 is 35.5. The number of sulfone groups is 1. The first kappa shape index (κ1) is 24.5. The summed E-state index contributed by atoms with van der Waals surface area (Å²) in [7, 11) is 1.33. The van der Waals surface area contributed by atoms with Crippen LogP contribution >= 0.6 is 12.4 Å². The fourth-order valence-corrected chi connectivity index (χ4v) is 4.57. The Hall–Kier alpha value is -1.51. The van der Waals surface area contributed by atoms with Gasteiger partial charge in [0.15, 0.2) is 21.3 Å². The van der Waals surface area contributed by atoms with Gasteiger partial charge in [-0.15, -0.1) is 12.4 Å². The molecule has 0 bridgehead atoms. The molecule has 0 spiro atoms. The lowest BCUT2D eigenvalue weighted by molar-refractivity contribution is -0.132. The Balaban J connectivity index is 0.00000392. The molecule has 0 aliphatic carbocycles. The number of hydrogen-bond acceptors (Lipinski definition) is 6. The van der Waals surface area contributed by atoms with E-state index in [2.05, 4.69) is 5.32 Å². The van der Waals surface area contributed by atoms with Gasteiger partial charge in [-0.1, -0.05) is 0 Å². The third kappa shape index (κ3) is 6.53. The molecule has 1 fully saturated rings. The molecule has 28 heavy (non-hydrogen) atoms. The molecule has 160 valence electrons. The molecule has 1 aliphatic heterocycles. The summed E-state index contributed by atoms with van der Waals surface area (Å²) in [5, 5.41) is 3.15. The number of halogens is 1. The van der Waals surface area contributed by atoms with Gasteiger partial charge in [-0.25, -0.2) is 8.42 Å². The average molecular weight is 435 g/mol. The molecule has 1 aromatic rings. The van der Waals surface area contributed by atoms with Crippen molar-refractivity contribution >= 4 is 28.2 Å². The van der Waals surface area contributed by atoms with E-state index in [1.165, 1.54) is 26.4 Å². The maximum absolute atomic E-state index is 12.6. The SMILES string of the molecule is CNCCC1CCN(C(=O)CCS(=O)(=O)c2ccc(OC)c(OC)c2)CC1.Cl. The van der Waals surface area contributed by atoms with Gasteiger partial charge in [-0.2, -0.15) is 0 Å².